The molecule has 0 saturated carbocycles. The number of rotatable bonds is 8. The third-order valence-electron chi connectivity index (χ3n) is 3.41. The molecule has 2 heteroatoms. The van der Waals surface area contributed by atoms with Crippen LogP contribution in [-0.2, 0) is 0 Å². The van der Waals surface area contributed by atoms with Crippen molar-refractivity contribution < 1.29 is 4.74 Å². The molecular formula is C18H29NO. The summed E-state index contributed by atoms with van der Waals surface area (Å²) < 4.78 is 5.87. The van der Waals surface area contributed by atoms with Gasteiger partial charge in [-0.3, -0.25) is 4.90 Å². The Bertz CT molecular complexity index is 406. The Kier molecular flexibility index (Phi) is 6.80. The van der Waals surface area contributed by atoms with E-state index in [4.69, 9.17) is 4.74 Å². The Labute approximate surface area is 124 Å². The second kappa shape index (κ2) is 8.11. The van der Waals surface area contributed by atoms with Crippen molar-refractivity contribution in [3.05, 3.63) is 36.4 Å². The molecule has 0 N–H and O–H groups in total. The van der Waals surface area contributed by atoms with Gasteiger partial charge in [-0.25, -0.2) is 0 Å². The molecular weight excluding hydrogens is 246 g/mol. The molecule has 0 bridgehead atoms. The van der Waals surface area contributed by atoms with Crippen LogP contribution < -0.4 is 4.74 Å². The summed E-state index contributed by atoms with van der Waals surface area (Å²) >= 11 is 0. The summed E-state index contributed by atoms with van der Waals surface area (Å²) in [7, 11) is 0. The van der Waals surface area contributed by atoms with Gasteiger partial charge in [0.1, 0.15) is 5.75 Å². The zero-order valence-corrected chi connectivity index (χ0v) is 13.5. The molecule has 0 aliphatic rings. The Balaban J connectivity index is 2.42. The van der Waals surface area contributed by atoms with E-state index in [1.54, 1.807) is 0 Å². The number of nitrogens with zero attached hydrogens (tertiary/aromatic N) is 1. The van der Waals surface area contributed by atoms with Crippen LogP contribution in [0.3, 0.4) is 0 Å². The van der Waals surface area contributed by atoms with Gasteiger partial charge in [0, 0.05) is 17.6 Å². The fraction of sp³-hybridized carbons (Fsp3) is 0.556. The first-order valence-electron chi connectivity index (χ1n) is 7.58. The lowest BCUT2D eigenvalue weighted by Gasteiger charge is -2.35. The average molecular weight is 275 g/mol. The van der Waals surface area contributed by atoms with Crippen LogP contribution in [0, 0.1) is 0 Å². The van der Waals surface area contributed by atoms with E-state index >= 15 is 0 Å². The highest BCUT2D eigenvalue weighted by Crippen LogP contribution is 2.19. The standard InChI is InChI=1S/C18H29NO/c1-6-13-19(18(3,4)5)14-10-15-20-17-12-9-8-11-16(17)7-2/h7-9,11-12H,2,6,10,13-15H2,1,3-5H3. The fourth-order valence-electron chi connectivity index (χ4n) is 2.27. The fourth-order valence-corrected chi connectivity index (χ4v) is 2.27. The van der Waals surface area contributed by atoms with Gasteiger partial charge in [0.15, 0.2) is 0 Å². The van der Waals surface area contributed by atoms with E-state index in [0.29, 0.717) is 0 Å². The first-order chi connectivity index (χ1) is 9.49. The molecule has 20 heavy (non-hydrogen) atoms. The predicted octanol–water partition coefficient (Wildman–Crippen LogP) is 4.61. The highest BCUT2D eigenvalue weighted by molar-refractivity contribution is 5.55. The molecule has 112 valence electrons. The van der Waals surface area contributed by atoms with E-state index in [0.717, 1.165) is 37.4 Å². The maximum atomic E-state index is 5.87. The molecule has 0 amide bonds. The van der Waals surface area contributed by atoms with E-state index < -0.39 is 0 Å². The zero-order chi connectivity index (χ0) is 15.0. The minimum absolute atomic E-state index is 0.231. The smallest absolute Gasteiger partial charge is 0.126 e. The van der Waals surface area contributed by atoms with Gasteiger partial charge in [-0.05, 0) is 46.2 Å². The molecule has 0 fully saturated rings. The second-order valence-corrected chi connectivity index (χ2v) is 6.10. The first kappa shape index (κ1) is 16.8. The van der Waals surface area contributed by atoms with E-state index in [9.17, 15) is 0 Å². The van der Waals surface area contributed by atoms with E-state index in [1.165, 1.54) is 6.42 Å². The Morgan fingerprint density at radius 3 is 2.50 bits per heavy atom. The van der Waals surface area contributed by atoms with Crippen LogP contribution in [-0.4, -0.2) is 30.1 Å². The van der Waals surface area contributed by atoms with Crippen molar-refractivity contribution in [2.75, 3.05) is 19.7 Å². The maximum Gasteiger partial charge on any atom is 0.126 e. The molecule has 0 aromatic heterocycles. The van der Waals surface area contributed by atoms with E-state index in [2.05, 4.69) is 39.2 Å². The minimum Gasteiger partial charge on any atom is -0.493 e. The molecule has 0 unspecified atom stereocenters. The van der Waals surface area contributed by atoms with E-state index in [-0.39, 0.29) is 5.54 Å². The number of hydrogen-bond donors (Lipinski definition) is 0. The number of para-hydroxylation sites is 1. The van der Waals surface area contributed by atoms with Gasteiger partial charge in [-0.2, -0.15) is 0 Å². The van der Waals surface area contributed by atoms with Crippen LogP contribution in [0.1, 0.15) is 46.1 Å². The monoisotopic (exact) mass is 275 g/mol. The number of ether oxygens (including phenoxy) is 1. The van der Waals surface area contributed by atoms with Crippen LogP contribution in [0.15, 0.2) is 30.8 Å². The summed E-state index contributed by atoms with van der Waals surface area (Å²) in [5.41, 5.74) is 1.29. The molecule has 0 atom stereocenters. The molecule has 2 nitrogen and oxygen atoms in total. The molecule has 0 radical (unpaired) electrons. The minimum atomic E-state index is 0.231. The summed E-state index contributed by atoms with van der Waals surface area (Å²) in [5, 5.41) is 0. The van der Waals surface area contributed by atoms with Crippen molar-refractivity contribution in [1.29, 1.82) is 0 Å². The summed E-state index contributed by atoms with van der Waals surface area (Å²) in [6.45, 7) is 15.8. The van der Waals surface area contributed by atoms with Gasteiger partial charge in [-0.1, -0.05) is 37.8 Å². The lowest BCUT2D eigenvalue weighted by Crippen LogP contribution is -2.42. The molecule has 0 aliphatic carbocycles. The van der Waals surface area contributed by atoms with Gasteiger partial charge in [-0.15, -0.1) is 0 Å². The van der Waals surface area contributed by atoms with Crippen LogP contribution in [0.5, 0.6) is 5.75 Å². The molecule has 0 spiro atoms. The van der Waals surface area contributed by atoms with Gasteiger partial charge < -0.3 is 4.74 Å². The summed E-state index contributed by atoms with van der Waals surface area (Å²) in [5.74, 6) is 0.931. The largest absolute Gasteiger partial charge is 0.493 e. The van der Waals surface area contributed by atoms with Crippen LogP contribution in [0.4, 0.5) is 0 Å². The molecule has 0 aliphatic heterocycles. The molecule has 1 aromatic carbocycles. The Morgan fingerprint density at radius 2 is 1.90 bits per heavy atom. The van der Waals surface area contributed by atoms with Gasteiger partial charge in [0.2, 0.25) is 0 Å². The third-order valence-corrected chi connectivity index (χ3v) is 3.41. The van der Waals surface area contributed by atoms with Crippen molar-refractivity contribution in [2.24, 2.45) is 0 Å². The average Bonchev–Trinajstić information content (AvgIpc) is 2.41. The van der Waals surface area contributed by atoms with Crippen LogP contribution in [0.2, 0.25) is 0 Å². The Morgan fingerprint density at radius 1 is 1.20 bits per heavy atom. The van der Waals surface area contributed by atoms with Crippen molar-refractivity contribution in [3.8, 4) is 5.75 Å². The van der Waals surface area contributed by atoms with Gasteiger partial charge in [0.05, 0.1) is 6.61 Å². The van der Waals surface area contributed by atoms with Gasteiger partial charge >= 0.3 is 0 Å². The van der Waals surface area contributed by atoms with Crippen molar-refractivity contribution in [3.63, 3.8) is 0 Å². The first-order valence-corrected chi connectivity index (χ1v) is 7.58. The molecule has 0 saturated heterocycles. The number of hydrogen-bond acceptors (Lipinski definition) is 2. The summed E-state index contributed by atoms with van der Waals surface area (Å²) in [6.07, 6.45) is 4.08. The highest BCUT2D eigenvalue weighted by atomic mass is 16.5. The van der Waals surface area contributed by atoms with Crippen LogP contribution >= 0.6 is 0 Å². The molecule has 1 rings (SSSR count). The predicted molar refractivity (Wildman–Crippen MR) is 88.3 cm³/mol. The van der Waals surface area contributed by atoms with Crippen molar-refractivity contribution >= 4 is 6.08 Å². The second-order valence-electron chi connectivity index (χ2n) is 6.10. The van der Waals surface area contributed by atoms with Crippen molar-refractivity contribution in [1.82, 2.24) is 4.90 Å². The number of benzene rings is 1. The highest BCUT2D eigenvalue weighted by Gasteiger charge is 2.19. The normalized spacial score (nSPS) is 11.7. The third kappa shape index (κ3) is 5.38. The molecule has 1 aromatic rings. The van der Waals surface area contributed by atoms with Crippen LogP contribution in [0.25, 0.3) is 6.08 Å². The summed E-state index contributed by atoms with van der Waals surface area (Å²) in [6, 6.07) is 8.04. The zero-order valence-electron chi connectivity index (χ0n) is 13.5. The van der Waals surface area contributed by atoms with Gasteiger partial charge in [0.25, 0.3) is 0 Å². The maximum absolute atomic E-state index is 5.87. The lowest BCUT2D eigenvalue weighted by atomic mass is 10.1. The molecule has 0 heterocycles. The van der Waals surface area contributed by atoms with Crippen molar-refractivity contribution in [2.45, 2.75) is 46.1 Å². The Hall–Kier alpha value is -1.28. The lowest BCUT2D eigenvalue weighted by molar-refractivity contribution is 0.126. The SMILES string of the molecule is C=Cc1ccccc1OCCCN(CCC)C(C)(C)C. The summed E-state index contributed by atoms with van der Waals surface area (Å²) in [4.78, 5) is 2.52. The quantitative estimate of drug-likeness (QED) is 0.642. The topological polar surface area (TPSA) is 12.5 Å². The van der Waals surface area contributed by atoms with E-state index in [1.807, 2.05) is 30.3 Å².